The molecule has 6 nitrogen and oxygen atoms in total. The zero-order chi connectivity index (χ0) is 12.7. The van der Waals surface area contributed by atoms with E-state index in [1.165, 1.54) is 6.07 Å². The van der Waals surface area contributed by atoms with Crippen LogP contribution >= 0.6 is 23.2 Å². The van der Waals surface area contributed by atoms with Crippen LogP contribution in [0, 0.1) is 10.1 Å². The Bertz CT molecular complexity index is 531. The van der Waals surface area contributed by atoms with Crippen LogP contribution in [0.2, 0.25) is 10.0 Å². The highest BCUT2D eigenvalue weighted by atomic mass is 35.5. The van der Waals surface area contributed by atoms with E-state index in [0.29, 0.717) is 5.56 Å². The second-order valence-electron chi connectivity index (χ2n) is 3.42. The van der Waals surface area contributed by atoms with Gasteiger partial charge in [0.1, 0.15) is 15.8 Å². The van der Waals surface area contributed by atoms with Crippen molar-refractivity contribution in [2.45, 2.75) is 12.5 Å². The molecule has 0 saturated carbocycles. The number of fused-ring (bicyclic) bond motifs is 1. The number of nitro groups is 1. The number of benzene rings is 1. The monoisotopic (exact) mass is 277 g/mol. The number of ether oxygens (including phenoxy) is 1. The van der Waals surface area contributed by atoms with Gasteiger partial charge in [-0.3, -0.25) is 10.1 Å². The van der Waals surface area contributed by atoms with Crippen LogP contribution in [0.5, 0.6) is 5.75 Å². The van der Waals surface area contributed by atoms with E-state index in [0.717, 1.165) is 0 Å². The first kappa shape index (κ1) is 11.9. The molecular weight excluding hydrogens is 273 g/mol. The van der Waals surface area contributed by atoms with E-state index in [4.69, 9.17) is 33.0 Å². The molecule has 0 amide bonds. The van der Waals surface area contributed by atoms with Crippen LogP contribution < -0.4 is 4.74 Å². The number of hydrogen-bond donors (Lipinski definition) is 1. The maximum absolute atomic E-state index is 10.8. The van der Waals surface area contributed by atoms with Crippen molar-refractivity contribution >= 4 is 34.9 Å². The Kier molecular flexibility index (Phi) is 2.84. The predicted molar refractivity (Wildman–Crippen MR) is 58.9 cm³/mol. The van der Waals surface area contributed by atoms with Gasteiger partial charge in [-0.2, -0.15) is 0 Å². The Morgan fingerprint density at radius 3 is 2.71 bits per heavy atom. The number of halogens is 2. The highest BCUT2D eigenvalue weighted by molar-refractivity contribution is 6.44. The third-order valence-corrected chi connectivity index (χ3v) is 3.20. The lowest BCUT2D eigenvalue weighted by atomic mass is 10.1. The van der Waals surface area contributed by atoms with Crippen molar-refractivity contribution < 1.29 is 19.6 Å². The summed E-state index contributed by atoms with van der Waals surface area (Å²) in [5.74, 6) is -1.05. The molecule has 1 aromatic carbocycles. The van der Waals surface area contributed by atoms with Crippen LogP contribution in [-0.2, 0) is 11.2 Å². The van der Waals surface area contributed by atoms with Crippen molar-refractivity contribution in [3.63, 3.8) is 0 Å². The Labute approximate surface area is 105 Å². The van der Waals surface area contributed by atoms with E-state index in [1.807, 2.05) is 0 Å². The van der Waals surface area contributed by atoms with Gasteiger partial charge in [0.25, 0.3) is 5.69 Å². The fourth-order valence-electron chi connectivity index (χ4n) is 1.58. The van der Waals surface area contributed by atoms with Gasteiger partial charge in [0.15, 0.2) is 6.10 Å². The molecule has 0 aromatic heterocycles. The van der Waals surface area contributed by atoms with Gasteiger partial charge in [0.05, 0.1) is 4.92 Å². The van der Waals surface area contributed by atoms with Gasteiger partial charge in [-0.05, 0) is 0 Å². The molecule has 0 fully saturated rings. The number of rotatable bonds is 2. The van der Waals surface area contributed by atoms with Gasteiger partial charge >= 0.3 is 5.97 Å². The molecule has 17 heavy (non-hydrogen) atoms. The van der Waals surface area contributed by atoms with Crippen LogP contribution in [0.1, 0.15) is 5.56 Å². The molecule has 1 unspecified atom stereocenters. The van der Waals surface area contributed by atoms with Crippen LogP contribution in [-0.4, -0.2) is 22.1 Å². The topological polar surface area (TPSA) is 89.7 Å². The summed E-state index contributed by atoms with van der Waals surface area (Å²) in [6, 6.07) is 1.19. The molecule has 1 aliphatic rings. The summed E-state index contributed by atoms with van der Waals surface area (Å²) >= 11 is 11.5. The number of nitrogens with zero attached hydrogens (tertiary/aromatic N) is 1. The number of nitro benzene ring substituents is 1. The zero-order valence-electron chi connectivity index (χ0n) is 8.15. The molecule has 0 saturated heterocycles. The summed E-state index contributed by atoms with van der Waals surface area (Å²) in [6.45, 7) is 0. The molecule has 0 radical (unpaired) electrons. The lowest BCUT2D eigenvalue weighted by molar-refractivity contribution is -0.384. The van der Waals surface area contributed by atoms with Crippen molar-refractivity contribution in [3.8, 4) is 5.75 Å². The maximum atomic E-state index is 10.8. The first-order valence-corrected chi connectivity index (χ1v) is 5.22. The van der Waals surface area contributed by atoms with E-state index in [9.17, 15) is 14.9 Å². The van der Waals surface area contributed by atoms with Crippen molar-refractivity contribution in [2.75, 3.05) is 0 Å². The number of hydrogen-bond acceptors (Lipinski definition) is 4. The predicted octanol–water partition coefficient (Wildman–Crippen LogP) is 2.29. The van der Waals surface area contributed by atoms with E-state index in [1.54, 1.807) is 0 Å². The van der Waals surface area contributed by atoms with Gasteiger partial charge in [0, 0.05) is 18.1 Å². The van der Waals surface area contributed by atoms with Crippen molar-refractivity contribution in [3.05, 3.63) is 31.8 Å². The molecule has 8 heteroatoms. The Hall–Kier alpha value is -1.53. The smallest absolute Gasteiger partial charge is 0.345 e. The summed E-state index contributed by atoms with van der Waals surface area (Å²) in [5, 5.41) is 19.1. The van der Waals surface area contributed by atoms with Gasteiger partial charge in [0.2, 0.25) is 0 Å². The van der Waals surface area contributed by atoms with Crippen molar-refractivity contribution in [2.24, 2.45) is 0 Å². The molecule has 1 aromatic rings. The Morgan fingerprint density at radius 2 is 2.18 bits per heavy atom. The largest absolute Gasteiger partial charge is 0.478 e. The third kappa shape index (κ3) is 1.89. The van der Waals surface area contributed by atoms with E-state index < -0.39 is 17.0 Å². The molecule has 1 aliphatic heterocycles. The highest BCUT2D eigenvalue weighted by Gasteiger charge is 2.34. The quantitative estimate of drug-likeness (QED) is 0.662. The summed E-state index contributed by atoms with van der Waals surface area (Å²) in [4.78, 5) is 20.8. The van der Waals surface area contributed by atoms with Crippen molar-refractivity contribution in [1.29, 1.82) is 0 Å². The Balaban J connectivity index is 2.52. The first-order chi connectivity index (χ1) is 7.91. The number of carboxylic acid groups (broad SMARTS) is 1. The summed E-state index contributed by atoms with van der Waals surface area (Å²) in [5.41, 5.74) is 0.0172. The second-order valence-corrected chi connectivity index (χ2v) is 4.17. The summed E-state index contributed by atoms with van der Waals surface area (Å²) in [7, 11) is 0. The lowest BCUT2D eigenvalue weighted by Crippen LogP contribution is -2.24. The van der Waals surface area contributed by atoms with Crippen LogP contribution in [0.4, 0.5) is 5.69 Å². The van der Waals surface area contributed by atoms with Crippen LogP contribution in [0.25, 0.3) is 0 Å². The second kappa shape index (κ2) is 4.05. The molecule has 1 heterocycles. The minimum atomic E-state index is -1.16. The van der Waals surface area contributed by atoms with Crippen LogP contribution in [0.3, 0.4) is 0 Å². The molecule has 2 rings (SSSR count). The van der Waals surface area contributed by atoms with E-state index in [-0.39, 0.29) is 27.9 Å². The average Bonchev–Trinajstić information content (AvgIpc) is 2.67. The normalized spacial score (nSPS) is 17.4. The highest BCUT2D eigenvalue weighted by Crippen LogP contribution is 2.45. The molecule has 1 atom stereocenters. The standard InChI is InChI=1S/C9H5Cl2NO5/c10-6-4(12(15)16)1-3-2-5(9(13)14)17-8(3)7(6)11/h1,5H,2H2,(H,13,14). The fourth-order valence-corrected chi connectivity index (χ4v) is 2.05. The molecule has 0 spiro atoms. The third-order valence-electron chi connectivity index (χ3n) is 2.36. The van der Waals surface area contributed by atoms with Gasteiger partial charge in [-0.25, -0.2) is 4.79 Å². The maximum Gasteiger partial charge on any atom is 0.345 e. The lowest BCUT2D eigenvalue weighted by Gasteiger charge is -2.06. The number of carboxylic acids is 1. The summed E-state index contributed by atoms with van der Waals surface area (Å²) < 4.78 is 5.08. The zero-order valence-corrected chi connectivity index (χ0v) is 9.66. The van der Waals surface area contributed by atoms with Crippen molar-refractivity contribution in [1.82, 2.24) is 0 Å². The van der Waals surface area contributed by atoms with E-state index >= 15 is 0 Å². The molecule has 90 valence electrons. The number of aliphatic carboxylic acids is 1. The fraction of sp³-hybridized carbons (Fsp3) is 0.222. The summed E-state index contributed by atoms with van der Waals surface area (Å²) in [6.07, 6.45) is -1.05. The SMILES string of the molecule is O=C(O)C1Cc2cc([N+](=O)[O-])c(Cl)c(Cl)c2O1. The first-order valence-electron chi connectivity index (χ1n) is 4.46. The van der Waals surface area contributed by atoms with Gasteiger partial charge in [-0.1, -0.05) is 23.2 Å². The molecule has 1 N–H and O–H groups in total. The van der Waals surface area contributed by atoms with Crippen LogP contribution in [0.15, 0.2) is 6.07 Å². The van der Waals surface area contributed by atoms with Gasteiger partial charge in [-0.15, -0.1) is 0 Å². The molecular formula is C9H5Cl2NO5. The molecule has 0 bridgehead atoms. The van der Waals surface area contributed by atoms with E-state index in [2.05, 4.69) is 0 Å². The Morgan fingerprint density at radius 1 is 1.53 bits per heavy atom. The minimum Gasteiger partial charge on any atom is -0.478 e. The molecule has 0 aliphatic carbocycles. The number of carbonyl (C=O) groups is 1. The van der Waals surface area contributed by atoms with Gasteiger partial charge < -0.3 is 9.84 Å². The average molecular weight is 278 g/mol. The minimum absolute atomic E-state index is 0.0302.